The molecule has 2 heterocycles. The number of rotatable bonds is 2. The highest BCUT2D eigenvalue weighted by atomic mass is 35.5. The van der Waals surface area contributed by atoms with Gasteiger partial charge in [-0.05, 0) is 19.4 Å². The molecule has 0 radical (unpaired) electrons. The average Bonchev–Trinajstić information content (AvgIpc) is 2.59. The van der Waals surface area contributed by atoms with Gasteiger partial charge in [0.25, 0.3) is 5.56 Å². The first-order chi connectivity index (χ1) is 8.18. The van der Waals surface area contributed by atoms with Crippen LogP contribution in [0.5, 0.6) is 0 Å². The van der Waals surface area contributed by atoms with Crippen LogP contribution in [0.1, 0.15) is 19.3 Å². The van der Waals surface area contributed by atoms with Crippen LogP contribution in [0.15, 0.2) is 11.0 Å². The number of halogens is 1. The first-order valence-electron chi connectivity index (χ1n) is 5.87. The van der Waals surface area contributed by atoms with Crippen LogP contribution < -0.4 is 16.2 Å². The molecule has 1 unspecified atom stereocenters. The molecule has 94 valence electrons. The number of anilines is 1. The SMILES string of the molecule is Cn1ncc(NC2CCCCNC2)c(Cl)c1=O. The molecule has 0 saturated carbocycles. The highest BCUT2D eigenvalue weighted by molar-refractivity contribution is 6.32. The van der Waals surface area contributed by atoms with Crippen LogP contribution in [0, 0.1) is 0 Å². The second-order valence-corrected chi connectivity index (χ2v) is 4.72. The summed E-state index contributed by atoms with van der Waals surface area (Å²) in [6, 6.07) is 0.309. The zero-order chi connectivity index (χ0) is 12.3. The van der Waals surface area contributed by atoms with E-state index in [1.165, 1.54) is 17.5 Å². The summed E-state index contributed by atoms with van der Waals surface area (Å²) in [5.74, 6) is 0. The van der Waals surface area contributed by atoms with E-state index in [9.17, 15) is 4.79 Å². The summed E-state index contributed by atoms with van der Waals surface area (Å²) in [5.41, 5.74) is 0.363. The zero-order valence-corrected chi connectivity index (χ0v) is 10.6. The van der Waals surface area contributed by atoms with Crippen molar-refractivity contribution in [2.75, 3.05) is 18.4 Å². The molecule has 1 fully saturated rings. The van der Waals surface area contributed by atoms with Gasteiger partial charge in [0, 0.05) is 19.6 Å². The molecule has 0 spiro atoms. The summed E-state index contributed by atoms with van der Waals surface area (Å²) in [6.45, 7) is 1.95. The second kappa shape index (κ2) is 5.51. The molecule has 5 nitrogen and oxygen atoms in total. The van der Waals surface area contributed by atoms with Crippen molar-refractivity contribution in [2.45, 2.75) is 25.3 Å². The van der Waals surface area contributed by atoms with Crippen molar-refractivity contribution in [3.63, 3.8) is 0 Å². The van der Waals surface area contributed by atoms with E-state index >= 15 is 0 Å². The van der Waals surface area contributed by atoms with Crippen LogP contribution in [-0.4, -0.2) is 28.9 Å². The second-order valence-electron chi connectivity index (χ2n) is 4.34. The fraction of sp³-hybridized carbons (Fsp3) is 0.636. The third kappa shape index (κ3) is 2.98. The Kier molecular flexibility index (Phi) is 4.02. The molecule has 6 heteroatoms. The first-order valence-corrected chi connectivity index (χ1v) is 6.25. The average molecular weight is 257 g/mol. The van der Waals surface area contributed by atoms with Gasteiger partial charge >= 0.3 is 0 Å². The maximum absolute atomic E-state index is 11.6. The Bertz CT molecular complexity index is 438. The topological polar surface area (TPSA) is 59.0 Å². The summed E-state index contributed by atoms with van der Waals surface area (Å²) in [5, 5.41) is 10.8. The van der Waals surface area contributed by atoms with Crippen molar-refractivity contribution in [1.82, 2.24) is 15.1 Å². The largest absolute Gasteiger partial charge is 0.378 e. The van der Waals surface area contributed by atoms with E-state index in [1.807, 2.05) is 0 Å². The maximum atomic E-state index is 11.6. The van der Waals surface area contributed by atoms with Crippen molar-refractivity contribution in [2.24, 2.45) is 7.05 Å². The minimum atomic E-state index is -0.266. The minimum absolute atomic E-state index is 0.215. The Labute approximate surface area is 105 Å². The fourth-order valence-corrected chi connectivity index (χ4v) is 2.20. The fourth-order valence-electron chi connectivity index (χ4n) is 1.97. The predicted octanol–water partition coefficient (Wildman–Crippen LogP) is 0.988. The van der Waals surface area contributed by atoms with Crippen molar-refractivity contribution >= 4 is 17.3 Å². The van der Waals surface area contributed by atoms with E-state index in [-0.39, 0.29) is 10.6 Å². The Morgan fingerprint density at radius 3 is 3.24 bits per heavy atom. The molecular formula is C11H17ClN4O. The molecule has 17 heavy (non-hydrogen) atoms. The molecule has 0 aromatic carbocycles. The van der Waals surface area contributed by atoms with Crippen LogP contribution in [0.25, 0.3) is 0 Å². The highest BCUT2D eigenvalue weighted by Gasteiger charge is 2.14. The minimum Gasteiger partial charge on any atom is -0.378 e. The molecule has 1 aromatic rings. The Morgan fingerprint density at radius 2 is 2.41 bits per heavy atom. The van der Waals surface area contributed by atoms with Gasteiger partial charge in [0.05, 0.1) is 11.9 Å². The van der Waals surface area contributed by atoms with Crippen LogP contribution in [-0.2, 0) is 7.05 Å². The van der Waals surface area contributed by atoms with Crippen LogP contribution in [0.3, 0.4) is 0 Å². The van der Waals surface area contributed by atoms with Crippen LogP contribution >= 0.6 is 11.6 Å². The Balaban J connectivity index is 2.12. The van der Waals surface area contributed by atoms with Gasteiger partial charge in [-0.1, -0.05) is 18.0 Å². The number of hydrogen-bond donors (Lipinski definition) is 2. The third-order valence-electron chi connectivity index (χ3n) is 2.98. The molecule has 1 aliphatic heterocycles. The normalized spacial score (nSPS) is 20.9. The van der Waals surface area contributed by atoms with Gasteiger partial charge in [-0.2, -0.15) is 5.10 Å². The van der Waals surface area contributed by atoms with E-state index in [4.69, 9.17) is 11.6 Å². The summed E-state index contributed by atoms with van der Waals surface area (Å²) in [7, 11) is 1.59. The van der Waals surface area contributed by atoms with E-state index in [1.54, 1.807) is 13.2 Å². The van der Waals surface area contributed by atoms with Crippen molar-refractivity contribution in [3.05, 3.63) is 21.6 Å². The molecule has 0 aliphatic carbocycles. The van der Waals surface area contributed by atoms with Gasteiger partial charge in [0.15, 0.2) is 0 Å². The molecule has 1 aromatic heterocycles. The monoisotopic (exact) mass is 256 g/mol. The summed E-state index contributed by atoms with van der Waals surface area (Å²) in [4.78, 5) is 11.6. The van der Waals surface area contributed by atoms with Crippen molar-refractivity contribution in [3.8, 4) is 0 Å². The number of aromatic nitrogens is 2. The van der Waals surface area contributed by atoms with Gasteiger partial charge in [-0.25, -0.2) is 4.68 Å². The van der Waals surface area contributed by atoms with Gasteiger partial charge in [-0.3, -0.25) is 4.79 Å². The van der Waals surface area contributed by atoms with E-state index < -0.39 is 0 Å². The smallest absolute Gasteiger partial charge is 0.287 e. The molecule has 1 atom stereocenters. The van der Waals surface area contributed by atoms with E-state index in [0.717, 1.165) is 19.5 Å². The van der Waals surface area contributed by atoms with Gasteiger partial charge in [-0.15, -0.1) is 0 Å². The van der Waals surface area contributed by atoms with Crippen molar-refractivity contribution < 1.29 is 0 Å². The molecule has 0 amide bonds. The zero-order valence-electron chi connectivity index (χ0n) is 9.87. The quantitative estimate of drug-likeness (QED) is 0.829. The summed E-state index contributed by atoms with van der Waals surface area (Å²) >= 11 is 6.00. The lowest BCUT2D eigenvalue weighted by Crippen LogP contribution is -2.32. The van der Waals surface area contributed by atoms with E-state index in [0.29, 0.717) is 11.7 Å². The van der Waals surface area contributed by atoms with Crippen LogP contribution in [0.4, 0.5) is 5.69 Å². The number of nitrogens with one attached hydrogen (secondary N) is 2. The lowest BCUT2D eigenvalue weighted by Gasteiger charge is -2.18. The van der Waals surface area contributed by atoms with E-state index in [2.05, 4.69) is 15.7 Å². The lowest BCUT2D eigenvalue weighted by molar-refractivity contribution is 0.632. The lowest BCUT2D eigenvalue weighted by atomic mass is 10.1. The predicted molar refractivity (Wildman–Crippen MR) is 68.6 cm³/mol. The highest BCUT2D eigenvalue weighted by Crippen LogP contribution is 2.18. The van der Waals surface area contributed by atoms with Gasteiger partial charge in [0.2, 0.25) is 0 Å². The Morgan fingerprint density at radius 1 is 1.59 bits per heavy atom. The molecular weight excluding hydrogens is 240 g/mol. The maximum Gasteiger partial charge on any atom is 0.287 e. The Hall–Kier alpha value is -1.07. The number of nitrogens with zero attached hydrogens (tertiary/aromatic N) is 2. The van der Waals surface area contributed by atoms with Crippen molar-refractivity contribution in [1.29, 1.82) is 0 Å². The van der Waals surface area contributed by atoms with Gasteiger partial charge in [0.1, 0.15) is 5.02 Å². The summed E-state index contributed by atoms with van der Waals surface area (Å²) in [6.07, 6.45) is 5.06. The first kappa shape index (κ1) is 12.4. The standard InChI is InChI=1S/C11H17ClN4O/c1-16-11(17)10(12)9(7-14-16)15-8-4-2-3-5-13-6-8/h7-8,13,15H,2-6H2,1H3. The van der Waals surface area contributed by atoms with Gasteiger partial charge < -0.3 is 10.6 Å². The molecule has 1 saturated heterocycles. The third-order valence-corrected chi connectivity index (χ3v) is 3.35. The molecule has 2 rings (SSSR count). The number of hydrogen-bond acceptors (Lipinski definition) is 4. The number of aryl methyl sites for hydroxylation is 1. The molecule has 2 N–H and O–H groups in total. The molecule has 0 bridgehead atoms. The van der Waals surface area contributed by atoms with Crippen LogP contribution in [0.2, 0.25) is 5.02 Å². The molecule has 1 aliphatic rings. The summed E-state index contributed by atoms with van der Waals surface area (Å²) < 4.78 is 1.23.